The molecule has 3 rings (SSSR count). The molecule has 0 amide bonds. The lowest BCUT2D eigenvalue weighted by Crippen LogP contribution is -2.11. The van der Waals surface area contributed by atoms with E-state index in [-0.39, 0.29) is 0 Å². The van der Waals surface area contributed by atoms with Crippen molar-refractivity contribution >= 4 is 0 Å². The minimum atomic E-state index is 0.557. The Labute approximate surface area is 158 Å². The normalized spacial score (nSPS) is 13.0. The first-order valence-corrected chi connectivity index (χ1v) is 9.80. The molecule has 0 radical (unpaired) electrons. The van der Waals surface area contributed by atoms with Crippen molar-refractivity contribution < 1.29 is 9.47 Å². The third-order valence-corrected chi connectivity index (χ3v) is 4.16. The van der Waals surface area contributed by atoms with Crippen LogP contribution in [0.15, 0.2) is 30.5 Å². The number of rotatable bonds is 5. The maximum absolute atomic E-state index is 5.95. The second-order valence-electron chi connectivity index (χ2n) is 7.68. The molecule has 3 nitrogen and oxygen atoms in total. The zero-order chi connectivity index (χ0) is 19.1. The summed E-state index contributed by atoms with van der Waals surface area (Å²) in [6, 6.07) is 8.27. The molecule has 0 saturated carbocycles. The molecule has 3 heteroatoms. The summed E-state index contributed by atoms with van der Waals surface area (Å²) in [7, 11) is 0. The number of nitrogens with zero attached hydrogens (tertiary/aromatic N) is 1. The van der Waals surface area contributed by atoms with Crippen molar-refractivity contribution in [2.24, 2.45) is 11.8 Å². The van der Waals surface area contributed by atoms with E-state index in [1.165, 1.54) is 18.4 Å². The molecule has 0 fully saturated rings. The topological polar surface area (TPSA) is 31.4 Å². The summed E-state index contributed by atoms with van der Waals surface area (Å²) in [5.41, 5.74) is 4.51. The van der Waals surface area contributed by atoms with Gasteiger partial charge in [0.25, 0.3) is 0 Å². The van der Waals surface area contributed by atoms with Gasteiger partial charge in [-0.3, -0.25) is 4.98 Å². The first kappa shape index (κ1) is 20.3. The smallest absolute Gasteiger partial charge is 0.131 e. The summed E-state index contributed by atoms with van der Waals surface area (Å²) >= 11 is 0. The molecule has 0 N–H and O–H groups in total. The molecule has 2 aromatic rings. The zero-order valence-corrected chi connectivity index (χ0v) is 17.1. The molecule has 0 saturated heterocycles. The molecule has 1 atom stereocenters. The van der Waals surface area contributed by atoms with Gasteiger partial charge in [-0.25, -0.2) is 0 Å². The lowest BCUT2D eigenvalue weighted by Gasteiger charge is -2.22. The fourth-order valence-electron chi connectivity index (χ4n) is 3.16. The van der Waals surface area contributed by atoms with Crippen molar-refractivity contribution in [3.8, 4) is 22.6 Å². The highest BCUT2D eigenvalue weighted by molar-refractivity contribution is 5.75. The van der Waals surface area contributed by atoms with E-state index in [1.54, 1.807) is 0 Å². The van der Waals surface area contributed by atoms with Gasteiger partial charge in [-0.05, 0) is 48.9 Å². The first-order valence-electron chi connectivity index (χ1n) is 9.80. The van der Waals surface area contributed by atoms with Gasteiger partial charge in [0.1, 0.15) is 18.1 Å². The van der Waals surface area contributed by atoms with Crippen molar-refractivity contribution in [1.82, 2.24) is 4.98 Å². The number of hydrogen-bond acceptors (Lipinski definition) is 3. The average molecular weight is 356 g/mol. The lowest BCUT2D eigenvalue weighted by molar-refractivity contribution is 0.236. The molecule has 26 heavy (non-hydrogen) atoms. The molecule has 0 aliphatic carbocycles. The van der Waals surface area contributed by atoms with Crippen LogP contribution in [0.5, 0.6) is 11.5 Å². The number of aromatic nitrogens is 1. The third-order valence-electron chi connectivity index (χ3n) is 4.16. The maximum atomic E-state index is 5.95. The zero-order valence-electron chi connectivity index (χ0n) is 17.1. The van der Waals surface area contributed by atoms with E-state index in [0.29, 0.717) is 18.4 Å². The van der Waals surface area contributed by atoms with Gasteiger partial charge in [-0.1, -0.05) is 41.0 Å². The Bertz CT molecular complexity index is 709. The molecule has 1 aromatic heterocycles. The molecule has 0 bridgehead atoms. The summed E-state index contributed by atoms with van der Waals surface area (Å²) in [4.78, 5) is 4.35. The predicted molar refractivity (Wildman–Crippen MR) is 109 cm³/mol. The van der Waals surface area contributed by atoms with Gasteiger partial charge in [0, 0.05) is 29.1 Å². The number of aryl methyl sites for hydroxylation is 1. The van der Waals surface area contributed by atoms with Gasteiger partial charge in [-0.15, -0.1) is 0 Å². The number of fused-ring (bicyclic) bond motifs is 3. The summed E-state index contributed by atoms with van der Waals surface area (Å²) in [5.74, 6) is 3.04. The van der Waals surface area contributed by atoms with Crippen molar-refractivity contribution in [3.05, 3.63) is 41.7 Å². The Morgan fingerprint density at radius 2 is 1.85 bits per heavy atom. The molecule has 1 aliphatic rings. The fraction of sp³-hybridized carbons (Fsp3) is 0.522. The molecule has 0 unspecified atom stereocenters. The lowest BCUT2D eigenvalue weighted by atomic mass is 9.98. The summed E-state index contributed by atoms with van der Waals surface area (Å²) in [6.07, 6.45) is 4.34. The van der Waals surface area contributed by atoms with E-state index in [2.05, 4.69) is 51.7 Å². The van der Waals surface area contributed by atoms with E-state index >= 15 is 0 Å². The largest absolute Gasteiger partial charge is 0.493 e. The van der Waals surface area contributed by atoms with Crippen LogP contribution in [-0.4, -0.2) is 11.6 Å². The number of benzene rings is 1. The summed E-state index contributed by atoms with van der Waals surface area (Å²) in [5, 5.41) is 0. The molecule has 1 aromatic carbocycles. The molecule has 1 aliphatic heterocycles. The van der Waals surface area contributed by atoms with Crippen LogP contribution in [0.4, 0.5) is 0 Å². The van der Waals surface area contributed by atoms with Crippen LogP contribution in [-0.2, 0) is 6.61 Å². The van der Waals surface area contributed by atoms with Gasteiger partial charge < -0.3 is 9.47 Å². The standard InChI is InChI=1S/C20H25NO2.C3H8/c1-13(2)7-14(3)11-22-17-5-6-18-19-8-15(4)21-10-16(19)12-23-20(18)9-17;1-3-2/h5-6,8-10,13-14H,7,11-12H2,1-4H3;3H2,1-2H3/t14-;/m0./s1. The van der Waals surface area contributed by atoms with Crippen molar-refractivity contribution in [2.45, 2.75) is 61.0 Å². The Kier molecular flexibility index (Phi) is 7.50. The highest BCUT2D eigenvalue weighted by Crippen LogP contribution is 2.39. The Morgan fingerprint density at radius 1 is 1.12 bits per heavy atom. The predicted octanol–water partition coefficient (Wildman–Crippen LogP) is 6.43. The highest BCUT2D eigenvalue weighted by Gasteiger charge is 2.18. The van der Waals surface area contributed by atoms with E-state index < -0.39 is 0 Å². The van der Waals surface area contributed by atoms with Crippen LogP contribution < -0.4 is 9.47 Å². The van der Waals surface area contributed by atoms with E-state index in [4.69, 9.17) is 9.47 Å². The van der Waals surface area contributed by atoms with Crippen LogP contribution in [0.3, 0.4) is 0 Å². The van der Waals surface area contributed by atoms with Gasteiger partial charge >= 0.3 is 0 Å². The second-order valence-corrected chi connectivity index (χ2v) is 7.68. The quantitative estimate of drug-likeness (QED) is 0.619. The van der Waals surface area contributed by atoms with Crippen molar-refractivity contribution in [2.75, 3.05) is 6.61 Å². The third kappa shape index (κ3) is 5.48. The summed E-state index contributed by atoms with van der Waals surface area (Å²) in [6.45, 7) is 14.3. The molecular weight excluding hydrogens is 322 g/mol. The van der Waals surface area contributed by atoms with Crippen LogP contribution >= 0.6 is 0 Å². The molecule has 142 valence electrons. The van der Waals surface area contributed by atoms with Crippen LogP contribution in [0, 0.1) is 18.8 Å². The SMILES string of the molecule is CCC.Cc1cc2c(cn1)COc1cc(OC[C@@H](C)CC(C)C)ccc1-2. The molecule has 0 spiro atoms. The number of pyridine rings is 1. The van der Waals surface area contributed by atoms with Crippen LogP contribution in [0.1, 0.15) is 58.7 Å². The van der Waals surface area contributed by atoms with Gasteiger partial charge in [0.2, 0.25) is 0 Å². The molecule has 2 heterocycles. The minimum Gasteiger partial charge on any atom is -0.493 e. The van der Waals surface area contributed by atoms with Gasteiger partial charge in [0.05, 0.1) is 6.61 Å². The minimum absolute atomic E-state index is 0.557. The Hall–Kier alpha value is -2.03. The van der Waals surface area contributed by atoms with Crippen molar-refractivity contribution in [1.29, 1.82) is 0 Å². The Morgan fingerprint density at radius 3 is 2.54 bits per heavy atom. The van der Waals surface area contributed by atoms with E-state index in [9.17, 15) is 0 Å². The maximum Gasteiger partial charge on any atom is 0.131 e. The second kappa shape index (κ2) is 9.61. The van der Waals surface area contributed by atoms with E-state index in [0.717, 1.165) is 34.9 Å². The highest BCUT2D eigenvalue weighted by atomic mass is 16.5. The Balaban J connectivity index is 0.000000758. The van der Waals surface area contributed by atoms with Crippen molar-refractivity contribution in [3.63, 3.8) is 0 Å². The van der Waals surface area contributed by atoms with E-state index in [1.807, 2.05) is 25.3 Å². The summed E-state index contributed by atoms with van der Waals surface area (Å²) < 4.78 is 11.8. The molecular formula is C23H33NO2. The fourth-order valence-corrected chi connectivity index (χ4v) is 3.16. The average Bonchev–Trinajstić information content (AvgIpc) is 2.59. The number of hydrogen-bond donors (Lipinski definition) is 0. The van der Waals surface area contributed by atoms with Crippen LogP contribution in [0.2, 0.25) is 0 Å². The van der Waals surface area contributed by atoms with Gasteiger partial charge in [0.15, 0.2) is 0 Å². The first-order chi connectivity index (χ1) is 12.4. The number of ether oxygens (including phenoxy) is 2. The van der Waals surface area contributed by atoms with Crippen LogP contribution in [0.25, 0.3) is 11.1 Å². The monoisotopic (exact) mass is 355 g/mol. The van der Waals surface area contributed by atoms with Gasteiger partial charge in [-0.2, -0.15) is 0 Å².